The predicted octanol–water partition coefficient (Wildman–Crippen LogP) is 3.52. The predicted molar refractivity (Wildman–Crippen MR) is 70.0 cm³/mol. The summed E-state index contributed by atoms with van der Waals surface area (Å²) in [6.07, 6.45) is 12.1. The number of rotatable bonds is 11. The lowest BCUT2D eigenvalue weighted by molar-refractivity contribution is -0.139. The van der Waals surface area contributed by atoms with Gasteiger partial charge in [0.05, 0.1) is 12.5 Å². The summed E-state index contributed by atoms with van der Waals surface area (Å²) in [6.45, 7) is 2.19. The van der Waals surface area contributed by atoms with Gasteiger partial charge in [0.25, 0.3) is 0 Å². The van der Waals surface area contributed by atoms with Crippen molar-refractivity contribution in [2.24, 2.45) is 0 Å². The number of unbranched alkanes of at least 4 members (excludes halogenated alkanes) is 5. The summed E-state index contributed by atoms with van der Waals surface area (Å²) < 4.78 is 0. The molecule has 0 aromatic carbocycles. The Morgan fingerprint density at radius 1 is 1.12 bits per heavy atom. The first-order valence-corrected chi connectivity index (χ1v) is 6.71. The molecule has 0 saturated heterocycles. The molecule has 1 unspecified atom stereocenters. The highest BCUT2D eigenvalue weighted by molar-refractivity contribution is 5.67. The zero-order valence-electron chi connectivity index (χ0n) is 10.9. The van der Waals surface area contributed by atoms with Crippen LogP contribution in [-0.4, -0.2) is 22.3 Å². The minimum atomic E-state index is -0.920. The van der Waals surface area contributed by atoms with Crippen molar-refractivity contribution in [2.45, 2.75) is 70.8 Å². The number of allylic oxidation sites excluding steroid dienone is 2. The lowest BCUT2D eigenvalue weighted by Crippen LogP contribution is -2.12. The Labute approximate surface area is 105 Å². The van der Waals surface area contributed by atoms with E-state index in [1.165, 1.54) is 19.3 Å². The summed E-state index contributed by atoms with van der Waals surface area (Å²) in [5.41, 5.74) is 0. The van der Waals surface area contributed by atoms with Crippen molar-refractivity contribution in [2.75, 3.05) is 0 Å². The Morgan fingerprint density at radius 2 is 1.76 bits per heavy atom. The van der Waals surface area contributed by atoms with Crippen molar-refractivity contribution in [1.29, 1.82) is 0 Å². The van der Waals surface area contributed by atoms with E-state index >= 15 is 0 Å². The van der Waals surface area contributed by atoms with E-state index < -0.39 is 12.1 Å². The van der Waals surface area contributed by atoms with E-state index in [9.17, 15) is 9.90 Å². The van der Waals surface area contributed by atoms with Crippen molar-refractivity contribution < 1.29 is 15.0 Å². The smallest absolute Gasteiger partial charge is 0.305 e. The molecule has 0 aliphatic rings. The van der Waals surface area contributed by atoms with Crippen molar-refractivity contribution >= 4 is 5.97 Å². The lowest BCUT2D eigenvalue weighted by Gasteiger charge is -2.06. The normalized spacial score (nSPS) is 13.1. The van der Waals surface area contributed by atoms with Gasteiger partial charge in [-0.25, -0.2) is 0 Å². The minimum Gasteiger partial charge on any atom is -0.481 e. The molecule has 0 aliphatic heterocycles. The third kappa shape index (κ3) is 13.1. The van der Waals surface area contributed by atoms with Gasteiger partial charge in [0.2, 0.25) is 0 Å². The van der Waals surface area contributed by atoms with E-state index in [1.54, 1.807) is 0 Å². The van der Waals surface area contributed by atoms with Crippen LogP contribution in [0.15, 0.2) is 12.2 Å². The highest BCUT2D eigenvalue weighted by Crippen LogP contribution is 2.08. The molecule has 0 amide bonds. The molecule has 0 spiro atoms. The molecule has 0 saturated carbocycles. The molecule has 1 atom stereocenters. The fraction of sp³-hybridized carbons (Fsp3) is 0.786. The van der Waals surface area contributed by atoms with Crippen LogP contribution in [0.3, 0.4) is 0 Å². The Kier molecular flexibility index (Phi) is 11.1. The Morgan fingerprint density at radius 3 is 2.35 bits per heavy atom. The topological polar surface area (TPSA) is 57.5 Å². The SMILES string of the molecule is CCCCC=CCCCCCC(O)CC(=O)O. The fourth-order valence-corrected chi connectivity index (χ4v) is 1.68. The van der Waals surface area contributed by atoms with Gasteiger partial charge in [-0.3, -0.25) is 4.79 Å². The van der Waals surface area contributed by atoms with Crippen molar-refractivity contribution in [1.82, 2.24) is 0 Å². The molecule has 0 radical (unpaired) electrons. The van der Waals surface area contributed by atoms with Crippen LogP contribution in [0.2, 0.25) is 0 Å². The van der Waals surface area contributed by atoms with Crippen LogP contribution in [0.1, 0.15) is 64.7 Å². The van der Waals surface area contributed by atoms with Gasteiger partial charge in [-0.15, -0.1) is 0 Å². The number of aliphatic hydroxyl groups is 1. The number of aliphatic carboxylic acids is 1. The van der Waals surface area contributed by atoms with E-state index in [2.05, 4.69) is 19.1 Å². The third-order valence-electron chi connectivity index (χ3n) is 2.71. The van der Waals surface area contributed by atoms with Gasteiger partial charge in [-0.05, 0) is 25.7 Å². The summed E-state index contributed by atoms with van der Waals surface area (Å²) in [5.74, 6) is -0.920. The molecule has 2 N–H and O–H groups in total. The molecular formula is C14H26O3. The van der Waals surface area contributed by atoms with Gasteiger partial charge < -0.3 is 10.2 Å². The summed E-state index contributed by atoms with van der Waals surface area (Å²) in [6, 6.07) is 0. The van der Waals surface area contributed by atoms with E-state index in [0.717, 1.165) is 25.7 Å². The van der Waals surface area contributed by atoms with E-state index in [0.29, 0.717) is 6.42 Å². The molecule has 0 fully saturated rings. The zero-order chi connectivity index (χ0) is 12.9. The lowest BCUT2D eigenvalue weighted by atomic mass is 10.1. The highest BCUT2D eigenvalue weighted by Gasteiger charge is 2.08. The molecule has 3 heteroatoms. The Bertz CT molecular complexity index is 212. The quantitative estimate of drug-likeness (QED) is 0.430. The molecule has 17 heavy (non-hydrogen) atoms. The Hall–Kier alpha value is -0.830. The molecule has 3 nitrogen and oxygen atoms in total. The van der Waals surface area contributed by atoms with Crippen LogP contribution in [0.4, 0.5) is 0 Å². The second-order valence-electron chi connectivity index (χ2n) is 4.50. The van der Waals surface area contributed by atoms with Crippen LogP contribution in [-0.2, 0) is 4.79 Å². The number of carbonyl (C=O) groups is 1. The van der Waals surface area contributed by atoms with E-state index in [-0.39, 0.29) is 6.42 Å². The second kappa shape index (κ2) is 11.6. The molecule has 0 rings (SSSR count). The Balaban J connectivity index is 3.23. The van der Waals surface area contributed by atoms with Gasteiger partial charge in [0, 0.05) is 0 Å². The summed E-state index contributed by atoms with van der Waals surface area (Å²) in [4.78, 5) is 10.3. The molecule has 0 aromatic rings. The minimum absolute atomic E-state index is 0.128. The van der Waals surface area contributed by atoms with Gasteiger partial charge in [-0.2, -0.15) is 0 Å². The number of carboxylic acid groups (broad SMARTS) is 1. The van der Waals surface area contributed by atoms with E-state index in [1.807, 2.05) is 0 Å². The van der Waals surface area contributed by atoms with Crippen molar-refractivity contribution in [3.05, 3.63) is 12.2 Å². The maximum Gasteiger partial charge on any atom is 0.305 e. The molecule has 0 heterocycles. The largest absolute Gasteiger partial charge is 0.481 e. The average Bonchev–Trinajstić information content (AvgIpc) is 2.26. The van der Waals surface area contributed by atoms with Gasteiger partial charge in [0.1, 0.15) is 0 Å². The summed E-state index contributed by atoms with van der Waals surface area (Å²) in [7, 11) is 0. The molecule has 0 aromatic heterocycles. The number of carboxylic acids is 1. The first-order valence-electron chi connectivity index (χ1n) is 6.71. The molecular weight excluding hydrogens is 216 g/mol. The maximum absolute atomic E-state index is 10.3. The molecule has 0 aliphatic carbocycles. The van der Waals surface area contributed by atoms with Crippen LogP contribution >= 0.6 is 0 Å². The third-order valence-corrected chi connectivity index (χ3v) is 2.71. The van der Waals surface area contributed by atoms with Crippen LogP contribution in [0.5, 0.6) is 0 Å². The number of hydrogen-bond donors (Lipinski definition) is 2. The first kappa shape index (κ1) is 16.2. The molecule has 0 bridgehead atoms. The highest BCUT2D eigenvalue weighted by atomic mass is 16.4. The fourth-order valence-electron chi connectivity index (χ4n) is 1.68. The van der Waals surface area contributed by atoms with E-state index in [4.69, 9.17) is 5.11 Å². The monoisotopic (exact) mass is 242 g/mol. The summed E-state index contributed by atoms with van der Waals surface area (Å²) >= 11 is 0. The van der Waals surface area contributed by atoms with Crippen LogP contribution < -0.4 is 0 Å². The van der Waals surface area contributed by atoms with Crippen LogP contribution in [0, 0.1) is 0 Å². The standard InChI is InChI=1S/C14H26O3/c1-2-3-4-5-6-7-8-9-10-11-13(15)12-14(16)17/h5-6,13,15H,2-4,7-12H2,1H3,(H,16,17). The van der Waals surface area contributed by atoms with Crippen molar-refractivity contribution in [3.63, 3.8) is 0 Å². The number of aliphatic hydroxyl groups excluding tert-OH is 1. The van der Waals surface area contributed by atoms with Gasteiger partial charge >= 0.3 is 5.97 Å². The zero-order valence-corrected chi connectivity index (χ0v) is 10.9. The van der Waals surface area contributed by atoms with Crippen molar-refractivity contribution in [3.8, 4) is 0 Å². The average molecular weight is 242 g/mol. The van der Waals surface area contributed by atoms with Crippen LogP contribution in [0.25, 0.3) is 0 Å². The summed E-state index contributed by atoms with van der Waals surface area (Å²) in [5, 5.41) is 17.8. The van der Waals surface area contributed by atoms with Gasteiger partial charge in [0.15, 0.2) is 0 Å². The van der Waals surface area contributed by atoms with Gasteiger partial charge in [-0.1, -0.05) is 44.8 Å². The maximum atomic E-state index is 10.3. The number of hydrogen-bond acceptors (Lipinski definition) is 2. The second-order valence-corrected chi connectivity index (χ2v) is 4.50. The molecule has 100 valence electrons. The first-order chi connectivity index (χ1) is 8.16.